The van der Waals surface area contributed by atoms with Gasteiger partial charge in [-0.25, -0.2) is 0 Å². The van der Waals surface area contributed by atoms with Gasteiger partial charge in [-0.15, -0.1) is 0 Å². The smallest absolute Gasteiger partial charge is 0.227 e. The van der Waals surface area contributed by atoms with Crippen LogP contribution in [0.5, 0.6) is 11.5 Å². The molecule has 0 aliphatic rings. The molecule has 0 unspecified atom stereocenters. The van der Waals surface area contributed by atoms with Crippen molar-refractivity contribution in [2.45, 2.75) is 26.2 Å². The Kier molecular flexibility index (Phi) is 5.64. The standard InChI is InChI=1S/C19H21NO5/c1-11(2)10-24-14-6-4-13(5-7-14)15(9-17(20)22)19-18(23)16(21)8-12(3)25-19/h4-8,15,23H,1,9-10H2,2-3H3,(H2,20,22)/t15-/m0/s1. The highest BCUT2D eigenvalue weighted by atomic mass is 16.5. The van der Waals surface area contributed by atoms with Gasteiger partial charge in [-0.2, -0.15) is 0 Å². The van der Waals surface area contributed by atoms with E-state index in [1.807, 2.05) is 6.92 Å². The molecule has 6 heteroatoms. The normalized spacial score (nSPS) is 11.8. The zero-order chi connectivity index (χ0) is 18.6. The fourth-order valence-corrected chi connectivity index (χ4v) is 2.43. The van der Waals surface area contributed by atoms with E-state index in [1.165, 1.54) is 6.07 Å². The highest BCUT2D eigenvalue weighted by molar-refractivity contribution is 5.75. The molecule has 0 aliphatic heterocycles. The second-order valence-electron chi connectivity index (χ2n) is 5.97. The van der Waals surface area contributed by atoms with Crippen LogP contribution in [0.4, 0.5) is 0 Å². The highest BCUT2D eigenvalue weighted by Gasteiger charge is 2.24. The van der Waals surface area contributed by atoms with Crippen LogP contribution in [0.2, 0.25) is 0 Å². The first kappa shape index (κ1) is 18.3. The van der Waals surface area contributed by atoms with Crippen molar-refractivity contribution in [3.05, 3.63) is 69.8 Å². The van der Waals surface area contributed by atoms with Gasteiger partial charge in [-0.05, 0) is 37.1 Å². The van der Waals surface area contributed by atoms with Crippen LogP contribution in [-0.4, -0.2) is 17.6 Å². The number of carbonyl (C=O) groups is 1. The Morgan fingerprint density at radius 3 is 2.56 bits per heavy atom. The summed E-state index contributed by atoms with van der Waals surface area (Å²) in [5.41, 5.74) is 6.33. The van der Waals surface area contributed by atoms with E-state index in [1.54, 1.807) is 31.2 Å². The number of primary amides is 1. The number of rotatable bonds is 7. The molecule has 1 atom stereocenters. The summed E-state index contributed by atoms with van der Waals surface area (Å²) in [5.74, 6) is -0.747. The van der Waals surface area contributed by atoms with Crippen LogP contribution in [0.15, 0.2) is 51.7 Å². The van der Waals surface area contributed by atoms with Crippen molar-refractivity contribution < 1.29 is 19.1 Å². The van der Waals surface area contributed by atoms with Crippen LogP contribution >= 0.6 is 0 Å². The summed E-state index contributed by atoms with van der Waals surface area (Å²) in [7, 11) is 0. The van der Waals surface area contributed by atoms with Crippen LogP contribution in [0.25, 0.3) is 0 Å². The first-order chi connectivity index (χ1) is 11.8. The fourth-order valence-electron chi connectivity index (χ4n) is 2.43. The van der Waals surface area contributed by atoms with Gasteiger partial charge < -0.3 is 20.0 Å². The molecule has 0 bridgehead atoms. The molecule has 1 amide bonds. The molecule has 2 aromatic rings. The van der Waals surface area contributed by atoms with E-state index < -0.39 is 23.0 Å². The number of ether oxygens (including phenoxy) is 1. The highest BCUT2D eigenvalue weighted by Crippen LogP contribution is 2.33. The van der Waals surface area contributed by atoms with Gasteiger partial charge in [0.25, 0.3) is 0 Å². The third kappa shape index (κ3) is 4.73. The topological polar surface area (TPSA) is 103 Å². The summed E-state index contributed by atoms with van der Waals surface area (Å²) in [6.45, 7) is 7.63. The molecule has 0 radical (unpaired) electrons. The molecule has 0 saturated heterocycles. The van der Waals surface area contributed by atoms with E-state index in [9.17, 15) is 14.7 Å². The largest absolute Gasteiger partial charge is 0.502 e. The summed E-state index contributed by atoms with van der Waals surface area (Å²) in [6.07, 6.45) is -0.105. The quantitative estimate of drug-likeness (QED) is 0.752. The van der Waals surface area contributed by atoms with Gasteiger partial charge in [-0.1, -0.05) is 18.7 Å². The summed E-state index contributed by atoms with van der Waals surface area (Å²) in [5, 5.41) is 10.1. The van der Waals surface area contributed by atoms with Gasteiger partial charge in [0.2, 0.25) is 17.1 Å². The fraction of sp³-hybridized carbons (Fsp3) is 0.263. The molecule has 132 valence electrons. The number of hydrogen-bond acceptors (Lipinski definition) is 5. The first-order valence-electron chi connectivity index (χ1n) is 7.77. The minimum Gasteiger partial charge on any atom is -0.502 e. The zero-order valence-electron chi connectivity index (χ0n) is 14.2. The number of benzene rings is 1. The van der Waals surface area contributed by atoms with Gasteiger partial charge >= 0.3 is 0 Å². The van der Waals surface area contributed by atoms with E-state index >= 15 is 0 Å². The van der Waals surface area contributed by atoms with E-state index in [2.05, 4.69) is 6.58 Å². The molecule has 1 aromatic heterocycles. The molecule has 2 rings (SSSR count). The SMILES string of the molecule is C=C(C)COc1ccc([C@H](CC(N)=O)c2oc(C)cc(=O)c2O)cc1. The third-order valence-corrected chi connectivity index (χ3v) is 3.56. The van der Waals surface area contributed by atoms with Gasteiger partial charge in [0, 0.05) is 12.5 Å². The second-order valence-corrected chi connectivity index (χ2v) is 5.97. The van der Waals surface area contributed by atoms with Crippen molar-refractivity contribution in [1.82, 2.24) is 0 Å². The molecule has 1 aromatic carbocycles. The lowest BCUT2D eigenvalue weighted by Gasteiger charge is -2.17. The van der Waals surface area contributed by atoms with Crippen molar-refractivity contribution in [1.29, 1.82) is 0 Å². The van der Waals surface area contributed by atoms with Crippen LogP contribution in [0, 0.1) is 6.92 Å². The predicted octanol–water partition coefficient (Wildman–Crippen LogP) is 2.62. The molecule has 3 N–H and O–H groups in total. The van der Waals surface area contributed by atoms with Crippen molar-refractivity contribution in [3.8, 4) is 11.5 Å². The molecule has 0 spiro atoms. The van der Waals surface area contributed by atoms with Gasteiger partial charge in [-0.3, -0.25) is 9.59 Å². The van der Waals surface area contributed by atoms with Crippen molar-refractivity contribution in [2.75, 3.05) is 6.61 Å². The lowest BCUT2D eigenvalue weighted by Crippen LogP contribution is -2.17. The zero-order valence-corrected chi connectivity index (χ0v) is 14.2. The summed E-state index contributed by atoms with van der Waals surface area (Å²) >= 11 is 0. The lowest BCUT2D eigenvalue weighted by molar-refractivity contribution is -0.118. The van der Waals surface area contributed by atoms with Crippen LogP contribution in [-0.2, 0) is 4.79 Å². The summed E-state index contributed by atoms with van der Waals surface area (Å²) in [4.78, 5) is 23.3. The maximum atomic E-state index is 11.8. The van der Waals surface area contributed by atoms with E-state index in [4.69, 9.17) is 14.9 Å². The predicted molar refractivity (Wildman–Crippen MR) is 93.8 cm³/mol. The summed E-state index contributed by atoms with van der Waals surface area (Å²) < 4.78 is 11.1. The number of nitrogens with two attached hydrogens (primary N) is 1. The van der Waals surface area contributed by atoms with Crippen molar-refractivity contribution in [3.63, 3.8) is 0 Å². The molecule has 0 fully saturated rings. The molecule has 0 saturated carbocycles. The van der Waals surface area contributed by atoms with Crippen LogP contribution in [0.3, 0.4) is 0 Å². The molecular weight excluding hydrogens is 322 g/mol. The maximum Gasteiger partial charge on any atom is 0.227 e. The number of amides is 1. The Bertz CT molecular complexity index is 836. The van der Waals surface area contributed by atoms with Gasteiger partial charge in [0.15, 0.2) is 5.76 Å². The minimum absolute atomic E-state index is 0.0272. The monoisotopic (exact) mass is 343 g/mol. The average molecular weight is 343 g/mol. The molecule has 25 heavy (non-hydrogen) atoms. The average Bonchev–Trinajstić information content (AvgIpc) is 2.54. The van der Waals surface area contributed by atoms with E-state index in [0.717, 1.165) is 5.57 Å². The van der Waals surface area contributed by atoms with Gasteiger partial charge in [0.1, 0.15) is 18.1 Å². The number of carbonyl (C=O) groups excluding carboxylic acids is 1. The Labute approximate surface area is 145 Å². The van der Waals surface area contributed by atoms with Crippen LogP contribution in [0.1, 0.15) is 36.3 Å². The number of aryl methyl sites for hydroxylation is 1. The van der Waals surface area contributed by atoms with E-state index in [-0.39, 0.29) is 12.2 Å². The Morgan fingerprint density at radius 1 is 1.36 bits per heavy atom. The maximum absolute atomic E-state index is 11.8. The second kappa shape index (κ2) is 7.70. The van der Waals surface area contributed by atoms with Crippen molar-refractivity contribution in [2.24, 2.45) is 5.73 Å². The first-order valence-corrected chi connectivity index (χ1v) is 7.77. The molecular formula is C19H21NO5. The molecule has 0 aliphatic carbocycles. The molecule has 1 heterocycles. The van der Waals surface area contributed by atoms with Gasteiger partial charge in [0.05, 0.1) is 5.92 Å². The minimum atomic E-state index is -0.666. The molecule has 6 nitrogen and oxygen atoms in total. The third-order valence-electron chi connectivity index (χ3n) is 3.56. The summed E-state index contributed by atoms with van der Waals surface area (Å²) in [6, 6.07) is 8.13. The number of aromatic hydroxyl groups is 1. The Hall–Kier alpha value is -3.02. The van der Waals surface area contributed by atoms with E-state index in [0.29, 0.717) is 23.7 Å². The number of hydrogen-bond donors (Lipinski definition) is 2. The Morgan fingerprint density at radius 2 is 2.00 bits per heavy atom. The lowest BCUT2D eigenvalue weighted by atomic mass is 9.92. The van der Waals surface area contributed by atoms with Crippen LogP contribution < -0.4 is 15.9 Å². The van der Waals surface area contributed by atoms with Crippen molar-refractivity contribution >= 4 is 5.91 Å². The Balaban J connectivity index is 2.40.